The average Bonchev–Trinajstić information content (AvgIpc) is 2.67. The predicted octanol–water partition coefficient (Wildman–Crippen LogP) is 3.43. The third-order valence-electron chi connectivity index (χ3n) is 3.96. The standard InChI is InChI=1S/C20H23N5O/c1-25(2)17-10-8-16(9-11-17)23-20-21-13-12-19(24-20)22-14-18(26)15-6-4-3-5-7-15/h3-13,18,26H,14H2,1-2H3,(H2,21,22,23,24). The van der Waals surface area contributed by atoms with Crippen LogP contribution in [0.4, 0.5) is 23.1 Å². The summed E-state index contributed by atoms with van der Waals surface area (Å²) in [5.74, 6) is 1.16. The molecule has 26 heavy (non-hydrogen) atoms. The molecule has 0 spiro atoms. The van der Waals surface area contributed by atoms with Crippen LogP contribution in [0.2, 0.25) is 0 Å². The van der Waals surface area contributed by atoms with E-state index in [1.165, 1.54) is 0 Å². The minimum absolute atomic E-state index is 0.373. The molecule has 0 saturated carbocycles. The molecule has 3 N–H and O–H groups in total. The van der Waals surface area contributed by atoms with Gasteiger partial charge in [0.2, 0.25) is 5.95 Å². The summed E-state index contributed by atoms with van der Waals surface area (Å²) >= 11 is 0. The fraction of sp³-hybridized carbons (Fsp3) is 0.200. The van der Waals surface area contributed by atoms with Crippen molar-refractivity contribution < 1.29 is 5.11 Å². The minimum atomic E-state index is -0.596. The van der Waals surface area contributed by atoms with E-state index in [1.54, 1.807) is 12.3 Å². The quantitative estimate of drug-likeness (QED) is 0.607. The first-order valence-electron chi connectivity index (χ1n) is 8.46. The van der Waals surface area contributed by atoms with Crippen LogP contribution in [-0.2, 0) is 0 Å². The molecule has 0 radical (unpaired) electrons. The van der Waals surface area contributed by atoms with Gasteiger partial charge >= 0.3 is 0 Å². The summed E-state index contributed by atoms with van der Waals surface area (Å²) in [5.41, 5.74) is 2.91. The van der Waals surface area contributed by atoms with Crippen molar-refractivity contribution in [3.63, 3.8) is 0 Å². The molecule has 0 aliphatic heterocycles. The highest BCUT2D eigenvalue weighted by molar-refractivity contribution is 5.59. The number of aliphatic hydroxyl groups is 1. The lowest BCUT2D eigenvalue weighted by atomic mass is 10.1. The second-order valence-corrected chi connectivity index (χ2v) is 6.14. The SMILES string of the molecule is CN(C)c1ccc(Nc2nccc(NCC(O)c3ccccc3)n2)cc1. The summed E-state index contributed by atoms with van der Waals surface area (Å²) in [6.07, 6.45) is 1.09. The highest BCUT2D eigenvalue weighted by Crippen LogP contribution is 2.19. The zero-order chi connectivity index (χ0) is 18.4. The molecule has 1 heterocycles. The maximum absolute atomic E-state index is 10.2. The summed E-state index contributed by atoms with van der Waals surface area (Å²) in [4.78, 5) is 10.7. The Bertz CT molecular complexity index is 821. The first kappa shape index (κ1) is 17.7. The average molecular weight is 349 g/mol. The van der Waals surface area contributed by atoms with E-state index >= 15 is 0 Å². The number of aliphatic hydroxyl groups excluding tert-OH is 1. The normalized spacial score (nSPS) is 11.7. The molecule has 6 nitrogen and oxygen atoms in total. The van der Waals surface area contributed by atoms with E-state index in [0.29, 0.717) is 18.3 Å². The van der Waals surface area contributed by atoms with Crippen LogP contribution < -0.4 is 15.5 Å². The van der Waals surface area contributed by atoms with Crippen molar-refractivity contribution in [3.05, 3.63) is 72.4 Å². The van der Waals surface area contributed by atoms with Crippen LogP contribution in [0.1, 0.15) is 11.7 Å². The first-order chi connectivity index (χ1) is 12.6. The topological polar surface area (TPSA) is 73.3 Å². The summed E-state index contributed by atoms with van der Waals surface area (Å²) in [6, 6.07) is 19.3. The highest BCUT2D eigenvalue weighted by atomic mass is 16.3. The Morgan fingerprint density at radius 2 is 1.73 bits per heavy atom. The van der Waals surface area contributed by atoms with Crippen molar-refractivity contribution in [2.24, 2.45) is 0 Å². The first-order valence-corrected chi connectivity index (χ1v) is 8.46. The Morgan fingerprint density at radius 1 is 1.00 bits per heavy atom. The van der Waals surface area contributed by atoms with Crippen LogP contribution >= 0.6 is 0 Å². The molecule has 2 aromatic carbocycles. The third-order valence-corrected chi connectivity index (χ3v) is 3.96. The number of hydrogen-bond acceptors (Lipinski definition) is 6. The Morgan fingerprint density at radius 3 is 2.42 bits per heavy atom. The maximum atomic E-state index is 10.2. The van der Waals surface area contributed by atoms with Crippen LogP contribution in [0.5, 0.6) is 0 Å². The largest absolute Gasteiger partial charge is 0.387 e. The minimum Gasteiger partial charge on any atom is -0.387 e. The van der Waals surface area contributed by atoms with Gasteiger partial charge in [0.05, 0.1) is 6.10 Å². The summed E-state index contributed by atoms with van der Waals surface area (Å²) in [5, 5.41) is 16.6. The molecular formula is C20H23N5O. The van der Waals surface area contributed by atoms with Crippen molar-refractivity contribution in [2.45, 2.75) is 6.10 Å². The van der Waals surface area contributed by atoms with Gasteiger partial charge in [0.15, 0.2) is 0 Å². The van der Waals surface area contributed by atoms with Crippen LogP contribution in [0.15, 0.2) is 66.9 Å². The molecule has 0 amide bonds. The molecule has 0 aliphatic rings. The van der Waals surface area contributed by atoms with Crippen molar-refractivity contribution in [1.82, 2.24) is 9.97 Å². The van der Waals surface area contributed by atoms with E-state index in [4.69, 9.17) is 0 Å². The van der Waals surface area contributed by atoms with Gasteiger partial charge in [-0.1, -0.05) is 30.3 Å². The Labute approximate surface area is 153 Å². The lowest BCUT2D eigenvalue weighted by Gasteiger charge is -2.14. The number of aromatic nitrogens is 2. The van der Waals surface area contributed by atoms with Crippen LogP contribution in [-0.4, -0.2) is 35.7 Å². The van der Waals surface area contributed by atoms with E-state index in [2.05, 4.69) is 20.6 Å². The second kappa shape index (κ2) is 8.31. The van der Waals surface area contributed by atoms with Crippen molar-refractivity contribution in [2.75, 3.05) is 36.2 Å². The number of hydrogen-bond donors (Lipinski definition) is 3. The van der Waals surface area contributed by atoms with Crippen molar-refractivity contribution >= 4 is 23.1 Å². The molecular weight excluding hydrogens is 326 g/mol. The molecule has 0 fully saturated rings. The highest BCUT2D eigenvalue weighted by Gasteiger charge is 2.07. The van der Waals surface area contributed by atoms with Gasteiger partial charge < -0.3 is 20.6 Å². The van der Waals surface area contributed by atoms with Gasteiger partial charge in [-0.25, -0.2) is 4.98 Å². The lowest BCUT2D eigenvalue weighted by molar-refractivity contribution is 0.191. The Kier molecular flexibility index (Phi) is 5.66. The Balaban J connectivity index is 1.61. The fourth-order valence-electron chi connectivity index (χ4n) is 2.48. The molecule has 1 atom stereocenters. The lowest BCUT2D eigenvalue weighted by Crippen LogP contribution is -2.13. The molecule has 0 saturated heterocycles. The molecule has 1 aromatic heterocycles. The van der Waals surface area contributed by atoms with E-state index in [-0.39, 0.29) is 0 Å². The van der Waals surface area contributed by atoms with Gasteiger partial charge in [-0.05, 0) is 35.9 Å². The second-order valence-electron chi connectivity index (χ2n) is 6.14. The van der Waals surface area contributed by atoms with Crippen molar-refractivity contribution in [3.8, 4) is 0 Å². The number of nitrogens with zero attached hydrogens (tertiary/aromatic N) is 3. The molecule has 0 aliphatic carbocycles. The molecule has 134 valence electrons. The number of rotatable bonds is 7. The summed E-state index contributed by atoms with van der Waals surface area (Å²) in [7, 11) is 4.01. The molecule has 6 heteroatoms. The fourth-order valence-corrected chi connectivity index (χ4v) is 2.48. The summed E-state index contributed by atoms with van der Waals surface area (Å²) < 4.78 is 0. The monoisotopic (exact) mass is 349 g/mol. The van der Waals surface area contributed by atoms with Gasteiger partial charge in [0, 0.05) is 38.2 Å². The molecule has 3 rings (SSSR count). The molecule has 0 bridgehead atoms. The van der Waals surface area contributed by atoms with Gasteiger partial charge in [-0.2, -0.15) is 4.98 Å². The maximum Gasteiger partial charge on any atom is 0.229 e. The molecule has 3 aromatic rings. The number of nitrogens with one attached hydrogen (secondary N) is 2. The zero-order valence-corrected chi connectivity index (χ0v) is 14.9. The molecule has 1 unspecified atom stereocenters. The van der Waals surface area contributed by atoms with E-state index in [9.17, 15) is 5.11 Å². The van der Waals surface area contributed by atoms with Crippen LogP contribution in [0.3, 0.4) is 0 Å². The third kappa shape index (κ3) is 4.70. The van der Waals surface area contributed by atoms with E-state index < -0.39 is 6.10 Å². The van der Waals surface area contributed by atoms with Gasteiger partial charge in [-0.15, -0.1) is 0 Å². The van der Waals surface area contributed by atoms with Gasteiger partial charge in [0.25, 0.3) is 0 Å². The zero-order valence-electron chi connectivity index (χ0n) is 14.9. The van der Waals surface area contributed by atoms with E-state index in [0.717, 1.165) is 16.9 Å². The predicted molar refractivity (Wildman–Crippen MR) is 106 cm³/mol. The smallest absolute Gasteiger partial charge is 0.229 e. The van der Waals surface area contributed by atoms with Gasteiger partial charge in [-0.3, -0.25) is 0 Å². The van der Waals surface area contributed by atoms with Crippen LogP contribution in [0, 0.1) is 0 Å². The Hall–Kier alpha value is -3.12. The van der Waals surface area contributed by atoms with Gasteiger partial charge in [0.1, 0.15) is 5.82 Å². The van der Waals surface area contributed by atoms with E-state index in [1.807, 2.05) is 73.6 Å². The van der Waals surface area contributed by atoms with Crippen LogP contribution in [0.25, 0.3) is 0 Å². The van der Waals surface area contributed by atoms with Crippen molar-refractivity contribution in [1.29, 1.82) is 0 Å². The number of anilines is 4. The summed E-state index contributed by atoms with van der Waals surface area (Å²) in [6.45, 7) is 0.373. The number of benzene rings is 2.